The van der Waals surface area contributed by atoms with Gasteiger partial charge >= 0.3 is 5.97 Å². The Kier molecular flexibility index (Phi) is 4.45. The molecule has 0 fully saturated rings. The fourth-order valence-electron chi connectivity index (χ4n) is 2.18. The summed E-state index contributed by atoms with van der Waals surface area (Å²) in [5, 5.41) is 9.48. The average molecular weight is 307 g/mol. The van der Waals surface area contributed by atoms with Crippen LogP contribution in [0.1, 0.15) is 21.6 Å². The Morgan fingerprint density at radius 3 is 2.67 bits per heavy atom. The summed E-state index contributed by atoms with van der Waals surface area (Å²) in [6.07, 6.45) is 1.49. The molecule has 110 valence electrons. The second-order valence-corrected chi connectivity index (χ2v) is 4.90. The van der Waals surface area contributed by atoms with Crippen LogP contribution in [0.5, 0.6) is 5.75 Å². The van der Waals surface area contributed by atoms with E-state index >= 15 is 0 Å². The first-order valence-corrected chi connectivity index (χ1v) is 6.63. The number of methoxy groups -OCH3 is 1. The van der Waals surface area contributed by atoms with Crippen LogP contribution in [0.3, 0.4) is 0 Å². The molecule has 1 aromatic heterocycles. The summed E-state index contributed by atoms with van der Waals surface area (Å²) in [6.45, 7) is 2.16. The van der Waals surface area contributed by atoms with E-state index in [-0.39, 0.29) is 12.2 Å². The summed E-state index contributed by atoms with van der Waals surface area (Å²) >= 11 is 6.23. The fraction of sp³-hybridized carbons (Fsp3) is 0.200. The van der Waals surface area contributed by atoms with Crippen molar-refractivity contribution in [2.24, 2.45) is 5.73 Å². The molecule has 0 atom stereocenters. The normalized spacial score (nSPS) is 10.5. The van der Waals surface area contributed by atoms with Crippen LogP contribution in [-0.4, -0.2) is 23.2 Å². The van der Waals surface area contributed by atoms with Crippen molar-refractivity contribution in [1.82, 2.24) is 4.98 Å². The average Bonchev–Trinajstić information content (AvgIpc) is 2.49. The number of aromatic carboxylic acids is 1. The monoisotopic (exact) mass is 306 g/mol. The highest BCUT2D eigenvalue weighted by Gasteiger charge is 2.17. The molecule has 0 aliphatic carbocycles. The zero-order valence-electron chi connectivity index (χ0n) is 11.7. The first kappa shape index (κ1) is 15.3. The van der Waals surface area contributed by atoms with Gasteiger partial charge in [-0.25, -0.2) is 9.78 Å². The molecule has 0 saturated heterocycles. The van der Waals surface area contributed by atoms with Gasteiger partial charge in [0.25, 0.3) is 0 Å². The van der Waals surface area contributed by atoms with E-state index in [1.165, 1.54) is 12.3 Å². The Morgan fingerprint density at radius 2 is 2.19 bits per heavy atom. The van der Waals surface area contributed by atoms with Gasteiger partial charge in [-0.05, 0) is 24.6 Å². The third-order valence-electron chi connectivity index (χ3n) is 3.25. The third-order valence-corrected chi connectivity index (χ3v) is 3.64. The van der Waals surface area contributed by atoms with Crippen molar-refractivity contribution in [3.05, 3.63) is 46.2 Å². The van der Waals surface area contributed by atoms with Crippen molar-refractivity contribution in [1.29, 1.82) is 0 Å². The largest absolute Gasteiger partial charge is 0.496 e. The lowest BCUT2D eigenvalue weighted by Gasteiger charge is -2.17. The van der Waals surface area contributed by atoms with Gasteiger partial charge in [0.05, 0.1) is 7.11 Å². The Labute approximate surface area is 127 Å². The standard InChI is InChI=1S/C15H15ClN2O3/c1-8-11(16)5-10(6-17)14(21-2)13(8)9-3-4-12(15(19)20)18-7-9/h3-5,7H,6,17H2,1-2H3,(H,19,20). The summed E-state index contributed by atoms with van der Waals surface area (Å²) in [6, 6.07) is 4.90. The van der Waals surface area contributed by atoms with Crippen LogP contribution in [0.4, 0.5) is 0 Å². The van der Waals surface area contributed by atoms with Crippen LogP contribution in [0.2, 0.25) is 5.02 Å². The molecule has 1 heterocycles. The molecule has 0 unspecified atom stereocenters. The number of hydrogen-bond acceptors (Lipinski definition) is 4. The topological polar surface area (TPSA) is 85.4 Å². The Balaban J connectivity index is 2.66. The van der Waals surface area contributed by atoms with Crippen molar-refractivity contribution in [3.8, 4) is 16.9 Å². The number of rotatable bonds is 4. The van der Waals surface area contributed by atoms with Crippen LogP contribution >= 0.6 is 11.6 Å². The van der Waals surface area contributed by atoms with Gasteiger partial charge in [0.15, 0.2) is 0 Å². The molecule has 0 aliphatic rings. The van der Waals surface area contributed by atoms with E-state index in [0.29, 0.717) is 10.8 Å². The number of hydrogen-bond donors (Lipinski definition) is 2. The van der Waals surface area contributed by atoms with Gasteiger partial charge in [-0.1, -0.05) is 17.7 Å². The molecule has 0 bridgehead atoms. The van der Waals surface area contributed by atoms with E-state index in [1.807, 2.05) is 6.92 Å². The maximum Gasteiger partial charge on any atom is 0.354 e. The number of carboxylic acids is 1. The second-order valence-electron chi connectivity index (χ2n) is 4.49. The maximum atomic E-state index is 10.9. The zero-order chi connectivity index (χ0) is 15.6. The van der Waals surface area contributed by atoms with E-state index in [2.05, 4.69) is 4.98 Å². The quantitative estimate of drug-likeness (QED) is 0.907. The van der Waals surface area contributed by atoms with Crippen molar-refractivity contribution >= 4 is 17.6 Å². The Morgan fingerprint density at radius 1 is 1.48 bits per heavy atom. The summed E-state index contributed by atoms with van der Waals surface area (Å²) in [4.78, 5) is 14.8. The number of carbonyl (C=O) groups is 1. The molecular weight excluding hydrogens is 292 g/mol. The number of pyridine rings is 1. The number of ether oxygens (including phenoxy) is 1. The Bertz CT molecular complexity index is 684. The minimum Gasteiger partial charge on any atom is -0.496 e. The molecule has 1 aromatic carbocycles. The first-order chi connectivity index (χ1) is 9.99. The summed E-state index contributed by atoms with van der Waals surface area (Å²) < 4.78 is 5.45. The van der Waals surface area contributed by atoms with Crippen LogP contribution in [-0.2, 0) is 6.54 Å². The minimum atomic E-state index is -1.07. The van der Waals surface area contributed by atoms with Gasteiger partial charge in [0, 0.05) is 34.5 Å². The fourth-order valence-corrected chi connectivity index (χ4v) is 2.40. The molecular formula is C15H15ClN2O3. The molecule has 3 N–H and O–H groups in total. The van der Waals surface area contributed by atoms with Crippen LogP contribution < -0.4 is 10.5 Å². The molecule has 0 saturated carbocycles. The van der Waals surface area contributed by atoms with Crippen molar-refractivity contribution in [3.63, 3.8) is 0 Å². The molecule has 0 radical (unpaired) electrons. The van der Waals surface area contributed by atoms with E-state index in [0.717, 1.165) is 22.3 Å². The summed E-state index contributed by atoms with van der Waals surface area (Å²) in [5.41, 5.74) is 8.82. The van der Waals surface area contributed by atoms with Gasteiger partial charge in [0.1, 0.15) is 11.4 Å². The van der Waals surface area contributed by atoms with Gasteiger partial charge in [-0.2, -0.15) is 0 Å². The van der Waals surface area contributed by atoms with E-state index in [4.69, 9.17) is 27.2 Å². The number of benzene rings is 1. The molecule has 2 aromatic rings. The van der Waals surface area contributed by atoms with Crippen molar-refractivity contribution in [2.45, 2.75) is 13.5 Å². The lowest BCUT2D eigenvalue weighted by Crippen LogP contribution is -2.04. The van der Waals surface area contributed by atoms with E-state index in [9.17, 15) is 4.79 Å². The number of aromatic nitrogens is 1. The van der Waals surface area contributed by atoms with Gasteiger partial charge in [0.2, 0.25) is 0 Å². The summed E-state index contributed by atoms with van der Waals surface area (Å²) in [7, 11) is 1.56. The summed E-state index contributed by atoms with van der Waals surface area (Å²) in [5.74, 6) is -0.441. The number of carboxylic acid groups (broad SMARTS) is 1. The van der Waals surface area contributed by atoms with Crippen LogP contribution in [0.15, 0.2) is 24.4 Å². The molecule has 0 spiro atoms. The van der Waals surface area contributed by atoms with E-state index < -0.39 is 5.97 Å². The van der Waals surface area contributed by atoms with Crippen LogP contribution in [0, 0.1) is 6.92 Å². The highest BCUT2D eigenvalue weighted by molar-refractivity contribution is 6.32. The first-order valence-electron chi connectivity index (χ1n) is 6.25. The van der Waals surface area contributed by atoms with E-state index in [1.54, 1.807) is 19.2 Å². The number of nitrogens with zero attached hydrogens (tertiary/aromatic N) is 1. The third kappa shape index (κ3) is 2.84. The number of nitrogens with two attached hydrogens (primary N) is 1. The highest BCUT2D eigenvalue weighted by atomic mass is 35.5. The van der Waals surface area contributed by atoms with Gasteiger partial charge in [-0.3, -0.25) is 0 Å². The van der Waals surface area contributed by atoms with Crippen LogP contribution in [0.25, 0.3) is 11.1 Å². The molecule has 0 amide bonds. The lowest BCUT2D eigenvalue weighted by molar-refractivity contribution is 0.0690. The number of halogens is 1. The predicted molar refractivity (Wildman–Crippen MR) is 80.8 cm³/mol. The lowest BCUT2D eigenvalue weighted by atomic mass is 9.97. The maximum absolute atomic E-state index is 10.9. The van der Waals surface area contributed by atoms with Gasteiger partial charge in [-0.15, -0.1) is 0 Å². The Hall–Kier alpha value is -2.11. The molecule has 6 heteroatoms. The van der Waals surface area contributed by atoms with Gasteiger partial charge < -0.3 is 15.6 Å². The predicted octanol–water partition coefficient (Wildman–Crippen LogP) is 2.88. The van der Waals surface area contributed by atoms with Crippen molar-refractivity contribution < 1.29 is 14.6 Å². The molecule has 2 rings (SSSR count). The molecule has 0 aliphatic heterocycles. The highest BCUT2D eigenvalue weighted by Crippen LogP contribution is 2.39. The zero-order valence-corrected chi connectivity index (χ0v) is 12.4. The SMILES string of the molecule is COc1c(CN)cc(Cl)c(C)c1-c1ccc(C(=O)O)nc1. The molecule has 5 nitrogen and oxygen atoms in total. The second kappa shape index (κ2) is 6.11. The smallest absolute Gasteiger partial charge is 0.354 e. The molecule has 21 heavy (non-hydrogen) atoms. The minimum absolute atomic E-state index is 0.0172. The van der Waals surface area contributed by atoms with Crippen molar-refractivity contribution in [2.75, 3.05) is 7.11 Å².